The molecule has 1 amide bonds. The standard InChI is InChI=1S/C18H19N3O/c22-18(16-9-5-2-6-10-16)20-12-14-21-13-11-19-17(21)15-7-3-1-4-8-15/h1-10H,11-14H2,(H,20,22). The van der Waals surface area contributed by atoms with E-state index in [0.717, 1.165) is 31.0 Å². The molecule has 0 radical (unpaired) electrons. The summed E-state index contributed by atoms with van der Waals surface area (Å²) in [6, 6.07) is 19.5. The molecule has 4 heteroatoms. The molecule has 112 valence electrons. The second-order valence-corrected chi connectivity index (χ2v) is 5.18. The second kappa shape index (κ2) is 6.89. The number of aliphatic imine (C=N–C) groups is 1. The summed E-state index contributed by atoms with van der Waals surface area (Å²) >= 11 is 0. The Morgan fingerprint density at radius 2 is 1.73 bits per heavy atom. The molecule has 1 aliphatic rings. The van der Waals surface area contributed by atoms with E-state index in [1.54, 1.807) is 0 Å². The number of amidine groups is 1. The lowest BCUT2D eigenvalue weighted by Gasteiger charge is -2.20. The van der Waals surface area contributed by atoms with Gasteiger partial charge in [0.1, 0.15) is 5.84 Å². The second-order valence-electron chi connectivity index (χ2n) is 5.18. The Hall–Kier alpha value is -2.62. The number of carbonyl (C=O) groups excluding carboxylic acids is 1. The first-order chi connectivity index (χ1) is 10.8. The molecular formula is C18H19N3O. The molecule has 3 rings (SSSR count). The van der Waals surface area contributed by atoms with Gasteiger partial charge in [-0.25, -0.2) is 0 Å². The Kier molecular flexibility index (Phi) is 4.49. The van der Waals surface area contributed by atoms with E-state index in [9.17, 15) is 4.79 Å². The zero-order valence-corrected chi connectivity index (χ0v) is 12.4. The van der Waals surface area contributed by atoms with E-state index in [1.807, 2.05) is 48.5 Å². The van der Waals surface area contributed by atoms with Crippen LogP contribution in [0.2, 0.25) is 0 Å². The molecule has 0 bridgehead atoms. The highest BCUT2D eigenvalue weighted by molar-refractivity contribution is 5.99. The molecule has 0 atom stereocenters. The van der Waals surface area contributed by atoms with Crippen LogP contribution in [0.4, 0.5) is 0 Å². The van der Waals surface area contributed by atoms with Crippen molar-refractivity contribution in [2.75, 3.05) is 26.2 Å². The molecule has 0 aliphatic carbocycles. The minimum absolute atomic E-state index is 0.0296. The maximum Gasteiger partial charge on any atom is 0.251 e. The SMILES string of the molecule is O=C(NCCN1CCN=C1c1ccccc1)c1ccccc1. The number of amides is 1. The van der Waals surface area contributed by atoms with Crippen molar-refractivity contribution in [3.8, 4) is 0 Å². The van der Waals surface area contributed by atoms with Crippen molar-refractivity contribution in [1.29, 1.82) is 0 Å². The van der Waals surface area contributed by atoms with Crippen LogP contribution in [0.5, 0.6) is 0 Å². The molecule has 0 saturated heterocycles. The molecule has 1 N–H and O–H groups in total. The molecule has 22 heavy (non-hydrogen) atoms. The molecule has 0 unspecified atom stereocenters. The van der Waals surface area contributed by atoms with Crippen molar-refractivity contribution in [3.05, 3.63) is 71.8 Å². The van der Waals surface area contributed by atoms with Gasteiger partial charge in [0.25, 0.3) is 5.91 Å². The summed E-state index contributed by atoms with van der Waals surface area (Å²) < 4.78 is 0. The molecule has 1 heterocycles. The molecule has 0 saturated carbocycles. The summed E-state index contributed by atoms with van der Waals surface area (Å²) in [6.07, 6.45) is 0. The van der Waals surface area contributed by atoms with Crippen LogP contribution < -0.4 is 5.32 Å². The van der Waals surface area contributed by atoms with E-state index in [1.165, 1.54) is 0 Å². The Labute approximate surface area is 130 Å². The predicted octanol–water partition coefficient (Wildman–Crippen LogP) is 2.18. The van der Waals surface area contributed by atoms with Crippen molar-refractivity contribution in [2.24, 2.45) is 4.99 Å². The number of rotatable bonds is 5. The van der Waals surface area contributed by atoms with Gasteiger partial charge in [-0.3, -0.25) is 9.79 Å². The van der Waals surface area contributed by atoms with E-state index in [2.05, 4.69) is 27.3 Å². The third-order valence-corrected chi connectivity index (χ3v) is 3.67. The highest BCUT2D eigenvalue weighted by atomic mass is 16.1. The summed E-state index contributed by atoms with van der Waals surface area (Å²) in [5, 5.41) is 2.96. The Bertz CT molecular complexity index is 653. The Morgan fingerprint density at radius 3 is 2.45 bits per heavy atom. The maximum absolute atomic E-state index is 12.0. The van der Waals surface area contributed by atoms with Gasteiger partial charge in [0.2, 0.25) is 0 Å². The largest absolute Gasteiger partial charge is 0.353 e. The molecule has 2 aromatic rings. The minimum Gasteiger partial charge on any atom is -0.353 e. The van der Waals surface area contributed by atoms with Gasteiger partial charge >= 0.3 is 0 Å². The summed E-state index contributed by atoms with van der Waals surface area (Å²) in [5.74, 6) is 0.993. The van der Waals surface area contributed by atoms with Crippen LogP contribution in [0, 0.1) is 0 Å². The van der Waals surface area contributed by atoms with Gasteiger partial charge in [-0.15, -0.1) is 0 Å². The van der Waals surface area contributed by atoms with E-state index < -0.39 is 0 Å². The van der Waals surface area contributed by atoms with Crippen LogP contribution in [0.1, 0.15) is 15.9 Å². The van der Waals surface area contributed by atoms with Gasteiger partial charge in [-0.05, 0) is 12.1 Å². The van der Waals surface area contributed by atoms with Gasteiger partial charge in [0, 0.05) is 30.8 Å². The van der Waals surface area contributed by atoms with Crippen molar-refractivity contribution in [3.63, 3.8) is 0 Å². The van der Waals surface area contributed by atoms with Crippen LogP contribution in [0.25, 0.3) is 0 Å². The van der Waals surface area contributed by atoms with Crippen molar-refractivity contribution >= 4 is 11.7 Å². The summed E-state index contributed by atoms with van der Waals surface area (Å²) in [6.45, 7) is 3.11. The first kappa shape index (κ1) is 14.3. The lowest BCUT2D eigenvalue weighted by atomic mass is 10.2. The van der Waals surface area contributed by atoms with Crippen LogP contribution in [0.3, 0.4) is 0 Å². The van der Waals surface area contributed by atoms with Crippen molar-refractivity contribution < 1.29 is 4.79 Å². The monoisotopic (exact) mass is 293 g/mol. The lowest BCUT2D eigenvalue weighted by molar-refractivity contribution is 0.0951. The van der Waals surface area contributed by atoms with Gasteiger partial charge < -0.3 is 10.2 Å². The van der Waals surface area contributed by atoms with Crippen LogP contribution in [-0.4, -0.2) is 42.8 Å². The zero-order valence-electron chi connectivity index (χ0n) is 12.4. The molecule has 0 aromatic heterocycles. The highest BCUT2D eigenvalue weighted by Gasteiger charge is 2.18. The van der Waals surface area contributed by atoms with Gasteiger partial charge in [-0.1, -0.05) is 48.5 Å². The maximum atomic E-state index is 12.0. The Morgan fingerprint density at radius 1 is 1.05 bits per heavy atom. The summed E-state index contributed by atoms with van der Waals surface area (Å²) in [7, 11) is 0. The average Bonchev–Trinajstić information content (AvgIpc) is 3.05. The van der Waals surface area contributed by atoms with E-state index in [0.29, 0.717) is 12.1 Å². The zero-order chi connectivity index (χ0) is 15.2. The molecule has 0 spiro atoms. The van der Waals surface area contributed by atoms with E-state index >= 15 is 0 Å². The highest BCUT2D eigenvalue weighted by Crippen LogP contribution is 2.10. The molecule has 4 nitrogen and oxygen atoms in total. The van der Waals surface area contributed by atoms with Crippen LogP contribution in [0.15, 0.2) is 65.7 Å². The number of nitrogens with zero attached hydrogens (tertiary/aromatic N) is 2. The topological polar surface area (TPSA) is 44.7 Å². The van der Waals surface area contributed by atoms with Gasteiger partial charge in [0.05, 0.1) is 6.54 Å². The molecular weight excluding hydrogens is 274 g/mol. The fourth-order valence-corrected chi connectivity index (χ4v) is 2.56. The third-order valence-electron chi connectivity index (χ3n) is 3.67. The predicted molar refractivity (Wildman–Crippen MR) is 88.2 cm³/mol. The Balaban J connectivity index is 1.54. The van der Waals surface area contributed by atoms with Crippen molar-refractivity contribution in [2.45, 2.75) is 0 Å². The number of nitrogens with one attached hydrogen (secondary N) is 1. The number of carbonyl (C=O) groups is 1. The van der Waals surface area contributed by atoms with E-state index in [4.69, 9.17) is 0 Å². The van der Waals surface area contributed by atoms with Crippen molar-refractivity contribution in [1.82, 2.24) is 10.2 Å². The normalized spacial score (nSPS) is 13.8. The molecule has 1 aliphatic heterocycles. The smallest absolute Gasteiger partial charge is 0.251 e. The number of hydrogen-bond donors (Lipinski definition) is 1. The molecule has 2 aromatic carbocycles. The lowest BCUT2D eigenvalue weighted by Crippen LogP contribution is -2.37. The van der Waals surface area contributed by atoms with E-state index in [-0.39, 0.29) is 5.91 Å². The van der Waals surface area contributed by atoms with Gasteiger partial charge in [0.15, 0.2) is 0 Å². The summed E-state index contributed by atoms with van der Waals surface area (Å²) in [4.78, 5) is 18.8. The number of benzene rings is 2. The fourth-order valence-electron chi connectivity index (χ4n) is 2.56. The third kappa shape index (κ3) is 3.34. The van der Waals surface area contributed by atoms with Crippen LogP contribution >= 0.6 is 0 Å². The summed E-state index contributed by atoms with van der Waals surface area (Å²) in [5.41, 5.74) is 1.83. The first-order valence-electron chi connectivity index (χ1n) is 7.52. The van der Waals surface area contributed by atoms with Gasteiger partial charge in [-0.2, -0.15) is 0 Å². The minimum atomic E-state index is -0.0296. The fraction of sp³-hybridized carbons (Fsp3) is 0.222. The molecule has 0 fully saturated rings. The number of hydrogen-bond acceptors (Lipinski definition) is 3. The first-order valence-corrected chi connectivity index (χ1v) is 7.52. The quantitative estimate of drug-likeness (QED) is 0.918. The van der Waals surface area contributed by atoms with Crippen LogP contribution in [-0.2, 0) is 0 Å². The average molecular weight is 293 g/mol.